The normalized spacial score (nSPS) is 15.8. The first-order valence-electron chi connectivity index (χ1n) is 8.37. The molecule has 0 saturated heterocycles. The molecular weight excluding hydrogens is 316 g/mol. The van der Waals surface area contributed by atoms with E-state index in [0.29, 0.717) is 24.1 Å². The monoisotopic (exact) mass is 334 g/mol. The molecule has 4 rings (SSSR count). The third-order valence-electron chi connectivity index (χ3n) is 4.51. The number of rotatable bonds is 5. The number of carbonyl (C=O) groups is 1. The van der Waals surface area contributed by atoms with Crippen LogP contribution in [0.5, 0.6) is 0 Å². The Kier molecular flexibility index (Phi) is 4.24. The van der Waals surface area contributed by atoms with Crippen LogP contribution in [0.15, 0.2) is 53.3 Å². The molecule has 0 spiro atoms. The molecule has 0 radical (unpaired) electrons. The summed E-state index contributed by atoms with van der Waals surface area (Å²) in [6.45, 7) is 0.237. The van der Waals surface area contributed by atoms with Gasteiger partial charge in [-0.1, -0.05) is 29.4 Å². The van der Waals surface area contributed by atoms with Gasteiger partial charge in [0.25, 0.3) is 0 Å². The van der Waals surface area contributed by atoms with Gasteiger partial charge in [0.15, 0.2) is 0 Å². The number of nitrogens with zero attached hydrogens (tertiary/aromatic N) is 3. The summed E-state index contributed by atoms with van der Waals surface area (Å²) in [5, 5.41) is 6.79. The maximum absolute atomic E-state index is 12.2. The zero-order valence-electron chi connectivity index (χ0n) is 13.7. The molecule has 0 aliphatic heterocycles. The van der Waals surface area contributed by atoms with Gasteiger partial charge in [-0.3, -0.25) is 9.78 Å². The van der Waals surface area contributed by atoms with Crippen LogP contribution in [0.2, 0.25) is 0 Å². The van der Waals surface area contributed by atoms with Crippen LogP contribution in [0, 0.1) is 0 Å². The average Bonchev–Trinajstić information content (AvgIpc) is 3.28. The molecule has 0 bridgehead atoms. The molecule has 1 atom stereocenters. The Morgan fingerprint density at radius 2 is 2.16 bits per heavy atom. The van der Waals surface area contributed by atoms with Crippen molar-refractivity contribution in [1.82, 2.24) is 20.4 Å². The number of carbonyl (C=O) groups excluding carboxylic acids is 1. The smallest absolute Gasteiger partial charge is 0.246 e. The molecule has 1 amide bonds. The minimum atomic E-state index is 0.00262. The van der Waals surface area contributed by atoms with Crippen LogP contribution < -0.4 is 5.32 Å². The largest absolute Gasteiger partial charge is 0.347 e. The number of benzene rings is 1. The molecule has 0 fully saturated rings. The highest BCUT2D eigenvalue weighted by Crippen LogP contribution is 2.35. The molecular formula is C19H18N4O2. The van der Waals surface area contributed by atoms with E-state index in [9.17, 15) is 4.79 Å². The van der Waals surface area contributed by atoms with E-state index in [0.717, 1.165) is 18.4 Å². The van der Waals surface area contributed by atoms with Crippen LogP contribution >= 0.6 is 0 Å². The first kappa shape index (κ1) is 15.5. The van der Waals surface area contributed by atoms with Crippen LogP contribution in [0.3, 0.4) is 0 Å². The van der Waals surface area contributed by atoms with Crippen molar-refractivity contribution in [3.05, 3.63) is 65.8 Å². The van der Waals surface area contributed by atoms with Gasteiger partial charge in [0.2, 0.25) is 17.6 Å². The van der Waals surface area contributed by atoms with Gasteiger partial charge < -0.3 is 9.84 Å². The Bertz CT molecular complexity index is 876. The number of aryl methyl sites for hydroxylation is 1. The second kappa shape index (κ2) is 6.84. The van der Waals surface area contributed by atoms with Gasteiger partial charge in [-0.2, -0.15) is 4.98 Å². The molecule has 1 aliphatic carbocycles. The number of hydrogen-bond acceptors (Lipinski definition) is 5. The highest BCUT2D eigenvalue weighted by molar-refractivity contribution is 5.77. The van der Waals surface area contributed by atoms with Gasteiger partial charge in [0, 0.05) is 24.4 Å². The Morgan fingerprint density at radius 1 is 1.24 bits per heavy atom. The van der Waals surface area contributed by atoms with Crippen molar-refractivity contribution < 1.29 is 9.32 Å². The quantitative estimate of drug-likeness (QED) is 0.776. The Morgan fingerprint density at radius 3 is 3.04 bits per heavy atom. The molecule has 2 aromatic heterocycles. The fourth-order valence-corrected chi connectivity index (χ4v) is 3.27. The molecule has 126 valence electrons. The maximum Gasteiger partial charge on any atom is 0.246 e. The number of pyridine rings is 1. The number of nitrogens with one attached hydrogen (secondary N) is 1. The number of hydrogen-bond donors (Lipinski definition) is 1. The second-order valence-electron chi connectivity index (χ2n) is 6.17. The summed E-state index contributed by atoms with van der Waals surface area (Å²) in [7, 11) is 0. The lowest BCUT2D eigenvalue weighted by Crippen LogP contribution is -2.24. The van der Waals surface area contributed by atoms with Crippen LogP contribution in [0.1, 0.15) is 35.8 Å². The summed E-state index contributed by atoms with van der Waals surface area (Å²) in [5.41, 5.74) is 3.44. The van der Waals surface area contributed by atoms with Crippen molar-refractivity contribution in [1.29, 1.82) is 0 Å². The highest BCUT2D eigenvalue weighted by Gasteiger charge is 2.24. The first-order valence-corrected chi connectivity index (χ1v) is 8.37. The van der Waals surface area contributed by atoms with Gasteiger partial charge in [-0.15, -0.1) is 0 Å². The van der Waals surface area contributed by atoms with E-state index >= 15 is 0 Å². The Balaban J connectivity index is 1.33. The van der Waals surface area contributed by atoms with E-state index in [4.69, 9.17) is 4.52 Å². The molecule has 6 heteroatoms. The zero-order chi connectivity index (χ0) is 17.1. The molecule has 3 aromatic rings. The number of aromatic nitrogens is 3. The van der Waals surface area contributed by atoms with E-state index in [2.05, 4.69) is 38.6 Å². The van der Waals surface area contributed by atoms with Crippen LogP contribution in [-0.2, 0) is 17.8 Å². The van der Waals surface area contributed by atoms with Gasteiger partial charge >= 0.3 is 0 Å². The zero-order valence-corrected chi connectivity index (χ0v) is 13.7. The van der Waals surface area contributed by atoms with E-state index in [-0.39, 0.29) is 12.5 Å². The molecule has 1 aromatic carbocycles. The van der Waals surface area contributed by atoms with Crippen molar-refractivity contribution in [2.45, 2.75) is 31.7 Å². The second-order valence-corrected chi connectivity index (χ2v) is 6.17. The van der Waals surface area contributed by atoms with Gasteiger partial charge in [-0.05, 0) is 42.0 Å². The van der Waals surface area contributed by atoms with E-state index in [1.165, 1.54) is 11.1 Å². The van der Waals surface area contributed by atoms with Gasteiger partial charge in [0.05, 0.1) is 6.54 Å². The van der Waals surface area contributed by atoms with Crippen molar-refractivity contribution in [2.24, 2.45) is 0 Å². The first-order chi connectivity index (χ1) is 12.3. The number of fused-ring (bicyclic) bond motifs is 1. The van der Waals surface area contributed by atoms with Crippen molar-refractivity contribution >= 4 is 5.91 Å². The summed E-state index contributed by atoms with van der Waals surface area (Å²) in [6.07, 6.45) is 5.92. The van der Waals surface area contributed by atoms with Crippen LogP contribution in [0.4, 0.5) is 0 Å². The fraction of sp³-hybridized carbons (Fsp3) is 0.263. The molecule has 25 heavy (non-hydrogen) atoms. The molecule has 1 N–H and O–H groups in total. The lowest BCUT2D eigenvalue weighted by Gasteiger charge is -2.10. The van der Waals surface area contributed by atoms with Gasteiger partial charge in [0.1, 0.15) is 0 Å². The molecule has 0 saturated carbocycles. The van der Waals surface area contributed by atoms with Crippen molar-refractivity contribution in [3.63, 3.8) is 0 Å². The standard InChI is InChI=1S/C19H18N4O2/c24-17(10-14-8-7-13-4-1-2-6-16(13)14)21-12-18-22-19(23-25-18)15-5-3-9-20-11-15/h1-6,9,11,14H,7-8,10,12H2,(H,21,24). The lowest BCUT2D eigenvalue weighted by atomic mass is 9.97. The SMILES string of the molecule is O=C(CC1CCc2ccccc21)NCc1nc(-c2cccnc2)no1. The molecule has 6 nitrogen and oxygen atoms in total. The summed E-state index contributed by atoms with van der Waals surface area (Å²) in [4.78, 5) is 20.6. The van der Waals surface area contributed by atoms with Crippen LogP contribution in [0.25, 0.3) is 11.4 Å². The molecule has 2 heterocycles. The minimum Gasteiger partial charge on any atom is -0.347 e. The van der Waals surface area contributed by atoms with Crippen molar-refractivity contribution in [3.8, 4) is 11.4 Å². The molecule has 1 aliphatic rings. The average molecular weight is 334 g/mol. The Hall–Kier alpha value is -3.02. The van der Waals surface area contributed by atoms with E-state index in [1.54, 1.807) is 12.4 Å². The predicted octanol–water partition coefficient (Wildman–Crippen LogP) is 2.87. The summed E-state index contributed by atoms with van der Waals surface area (Å²) < 4.78 is 5.19. The lowest BCUT2D eigenvalue weighted by molar-refractivity contribution is -0.121. The molecule has 1 unspecified atom stereocenters. The number of amides is 1. The summed E-state index contributed by atoms with van der Waals surface area (Å²) >= 11 is 0. The third-order valence-corrected chi connectivity index (χ3v) is 4.51. The summed E-state index contributed by atoms with van der Waals surface area (Å²) in [6, 6.07) is 12.0. The minimum absolute atomic E-state index is 0.00262. The third kappa shape index (κ3) is 3.42. The van der Waals surface area contributed by atoms with E-state index < -0.39 is 0 Å². The summed E-state index contributed by atoms with van der Waals surface area (Å²) in [5.74, 6) is 1.16. The van der Waals surface area contributed by atoms with E-state index in [1.807, 2.05) is 18.2 Å². The predicted molar refractivity (Wildman–Crippen MR) is 91.5 cm³/mol. The van der Waals surface area contributed by atoms with Crippen molar-refractivity contribution in [2.75, 3.05) is 0 Å². The highest BCUT2D eigenvalue weighted by atomic mass is 16.5. The van der Waals surface area contributed by atoms with Crippen LogP contribution in [-0.4, -0.2) is 21.0 Å². The topological polar surface area (TPSA) is 80.9 Å². The Labute approximate surface area is 145 Å². The fourth-order valence-electron chi connectivity index (χ4n) is 3.27. The van der Waals surface area contributed by atoms with Gasteiger partial charge in [-0.25, -0.2) is 0 Å². The maximum atomic E-state index is 12.2.